The number of carbonyl (C=O) groups is 1. The molecule has 23 heavy (non-hydrogen) atoms. The van der Waals surface area contributed by atoms with E-state index in [1.807, 2.05) is 56.3 Å². The summed E-state index contributed by atoms with van der Waals surface area (Å²) in [6, 6.07) is 13.5. The quantitative estimate of drug-likeness (QED) is 0.728. The first kappa shape index (κ1) is 15.0. The molecule has 116 valence electrons. The lowest BCUT2D eigenvalue weighted by Gasteiger charge is -2.22. The molecule has 2 heterocycles. The fourth-order valence-electron chi connectivity index (χ4n) is 2.41. The lowest BCUT2D eigenvalue weighted by molar-refractivity contribution is 0.0957. The Hall–Kier alpha value is -2.88. The molecule has 1 aromatic carbocycles. The van der Waals surface area contributed by atoms with Crippen molar-refractivity contribution >= 4 is 11.6 Å². The van der Waals surface area contributed by atoms with Crippen molar-refractivity contribution in [3.05, 3.63) is 83.6 Å². The van der Waals surface area contributed by atoms with Crippen molar-refractivity contribution in [1.29, 1.82) is 0 Å². The lowest BCUT2D eigenvalue weighted by atomic mass is 10.1. The number of aromatic nitrogens is 1. The summed E-state index contributed by atoms with van der Waals surface area (Å²) in [5.74, 6) is 0.237. The highest BCUT2D eigenvalue weighted by Gasteiger charge is 2.23. The number of aryl methyl sites for hydroxylation is 1. The molecule has 4 heteroatoms. The summed E-state index contributed by atoms with van der Waals surface area (Å²) < 4.78 is 5.49. The number of anilines is 1. The molecule has 0 N–H and O–H groups in total. The van der Waals surface area contributed by atoms with Crippen LogP contribution in [0.3, 0.4) is 0 Å². The largest absolute Gasteiger partial charge is 0.459 e. The van der Waals surface area contributed by atoms with Gasteiger partial charge in [0.25, 0.3) is 5.91 Å². The Kier molecular flexibility index (Phi) is 4.24. The number of hydrogen-bond acceptors (Lipinski definition) is 3. The van der Waals surface area contributed by atoms with Crippen LogP contribution in [0.15, 0.2) is 65.5 Å². The fraction of sp³-hybridized carbons (Fsp3) is 0.158. The smallest absolute Gasteiger partial charge is 0.294 e. The van der Waals surface area contributed by atoms with E-state index < -0.39 is 0 Å². The minimum atomic E-state index is -0.148. The summed E-state index contributed by atoms with van der Waals surface area (Å²) in [7, 11) is 0. The standard InChI is InChI=1S/C19H18N2O2/c1-14-13-23-18(15(14)2)19(22)21(17-8-10-20-11-9-17)12-16-6-4-3-5-7-16/h3-11,13H,12H2,1-2H3. The Balaban J connectivity index is 1.98. The van der Waals surface area contributed by atoms with Gasteiger partial charge in [0.2, 0.25) is 0 Å². The van der Waals surface area contributed by atoms with Gasteiger partial charge in [-0.05, 0) is 37.1 Å². The van der Waals surface area contributed by atoms with Gasteiger partial charge in [-0.2, -0.15) is 0 Å². The molecule has 0 bridgehead atoms. The highest BCUT2D eigenvalue weighted by atomic mass is 16.3. The van der Waals surface area contributed by atoms with Gasteiger partial charge >= 0.3 is 0 Å². The van der Waals surface area contributed by atoms with E-state index in [2.05, 4.69) is 4.98 Å². The molecule has 0 spiro atoms. The number of nitrogens with zero attached hydrogens (tertiary/aromatic N) is 2. The first-order chi connectivity index (χ1) is 11.2. The maximum absolute atomic E-state index is 13.0. The van der Waals surface area contributed by atoms with E-state index in [-0.39, 0.29) is 5.91 Å². The van der Waals surface area contributed by atoms with Gasteiger partial charge in [0.1, 0.15) is 0 Å². The molecule has 0 radical (unpaired) electrons. The second kappa shape index (κ2) is 6.48. The molecule has 2 aromatic heterocycles. The average molecular weight is 306 g/mol. The van der Waals surface area contributed by atoms with E-state index >= 15 is 0 Å². The second-order valence-corrected chi connectivity index (χ2v) is 5.46. The summed E-state index contributed by atoms with van der Waals surface area (Å²) in [6.07, 6.45) is 4.98. The average Bonchev–Trinajstić information content (AvgIpc) is 2.93. The van der Waals surface area contributed by atoms with E-state index in [0.29, 0.717) is 12.3 Å². The zero-order chi connectivity index (χ0) is 16.2. The highest BCUT2D eigenvalue weighted by Crippen LogP contribution is 2.23. The van der Waals surface area contributed by atoms with Gasteiger partial charge in [0, 0.05) is 23.6 Å². The minimum absolute atomic E-state index is 0.148. The van der Waals surface area contributed by atoms with Crippen LogP contribution in [0, 0.1) is 13.8 Å². The number of amides is 1. The fourth-order valence-corrected chi connectivity index (χ4v) is 2.41. The first-order valence-corrected chi connectivity index (χ1v) is 7.47. The van der Waals surface area contributed by atoms with Crippen LogP contribution in [0.5, 0.6) is 0 Å². The van der Waals surface area contributed by atoms with Crippen molar-refractivity contribution < 1.29 is 9.21 Å². The molecular formula is C19H18N2O2. The van der Waals surface area contributed by atoms with Crippen LogP contribution in [-0.4, -0.2) is 10.9 Å². The molecule has 0 fully saturated rings. The lowest BCUT2D eigenvalue weighted by Crippen LogP contribution is -2.30. The second-order valence-electron chi connectivity index (χ2n) is 5.46. The van der Waals surface area contributed by atoms with Gasteiger partial charge in [0.05, 0.1) is 12.8 Å². The van der Waals surface area contributed by atoms with Crippen LogP contribution < -0.4 is 4.90 Å². The Morgan fingerprint density at radius 3 is 2.39 bits per heavy atom. The number of hydrogen-bond donors (Lipinski definition) is 0. The summed E-state index contributed by atoms with van der Waals surface area (Å²) in [4.78, 5) is 18.7. The van der Waals surface area contributed by atoms with Crippen LogP contribution in [0.4, 0.5) is 5.69 Å². The molecule has 3 rings (SSSR count). The third kappa shape index (κ3) is 3.16. The maximum atomic E-state index is 13.0. The summed E-state index contributed by atoms with van der Waals surface area (Å²) >= 11 is 0. The van der Waals surface area contributed by atoms with E-state index in [1.165, 1.54) is 0 Å². The van der Waals surface area contributed by atoms with Crippen molar-refractivity contribution in [2.45, 2.75) is 20.4 Å². The molecule has 0 atom stereocenters. The molecule has 3 aromatic rings. The normalized spacial score (nSPS) is 10.5. The van der Waals surface area contributed by atoms with E-state index in [0.717, 1.165) is 22.4 Å². The monoisotopic (exact) mass is 306 g/mol. The van der Waals surface area contributed by atoms with Crippen molar-refractivity contribution in [1.82, 2.24) is 4.98 Å². The van der Waals surface area contributed by atoms with Gasteiger partial charge in [-0.25, -0.2) is 0 Å². The van der Waals surface area contributed by atoms with Crippen LogP contribution in [0.1, 0.15) is 27.2 Å². The Bertz CT molecular complexity index is 795. The molecule has 0 aliphatic carbocycles. The molecule has 0 aliphatic heterocycles. The van der Waals surface area contributed by atoms with Crippen molar-refractivity contribution in [2.24, 2.45) is 0 Å². The predicted octanol–water partition coefficient (Wildman–Crippen LogP) is 4.14. The van der Waals surface area contributed by atoms with Crippen LogP contribution >= 0.6 is 0 Å². The Labute approximate surface area is 135 Å². The Morgan fingerprint density at radius 1 is 1.09 bits per heavy atom. The molecule has 1 amide bonds. The van der Waals surface area contributed by atoms with Gasteiger partial charge in [0.15, 0.2) is 5.76 Å². The third-order valence-corrected chi connectivity index (χ3v) is 3.88. The topological polar surface area (TPSA) is 46.3 Å². The molecule has 0 aliphatic rings. The van der Waals surface area contributed by atoms with Crippen LogP contribution in [0.2, 0.25) is 0 Å². The number of carbonyl (C=O) groups excluding carboxylic acids is 1. The van der Waals surface area contributed by atoms with Gasteiger partial charge in [-0.3, -0.25) is 9.78 Å². The van der Waals surface area contributed by atoms with Crippen molar-refractivity contribution in [3.8, 4) is 0 Å². The summed E-state index contributed by atoms with van der Waals surface area (Å²) in [6.45, 7) is 4.31. The molecule has 0 saturated heterocycles. The molecular weight excluding hydrogens is 288 g/mol. The zero-order valence-corrected chi connectivity index (χ0v) is 13.2. The molecule has 4 nitrogen and oxygen atoms in total. The van der Waals surface area contributed by atoms with Crippen LogP contribution in [0.25, 0.3) is 0 Å². The van der Waals surface area contributed by atoms with Gasteiger partial charge < -0.3 is 9.32 Å². The first-order valence-electron chi connectivity index (χ1n) is 7.47. The zero-order valence-electron chi connectivity index (χ0n) is 13.2. The van der Waals surface area contributed by atoms with Gasteiger partial charge in [-0.1, -0.05) is 30.3 Å². The number of pyridine rings is 1. The van der Waals surface area contributed by atoms with Crippen molar-refractivity contribution in [2.75, 3.05) is 4.90 Å². The van der Waals surface area contributed by atoms with E-state index in [4.69, 9.17) is 4.42 Å². The van der Waals surface area contributed by atoms with Gasteiger partial charge in [-0.15, -0.1) is 0 Å². The SMILES string of the molecule is Cc1coc(C(=O)N(Cc2ccccc2)c2ccncc2)c1C. The number of furan rings is 1. The van der Waals surface area contributed by atoms with Crippen LogP contribution in [-0.2, 0) is 6.54 Å². The van der Waals surface area contributed by atoms with Crippen molar-refractivity contribution in [3.63, 3.8) is 0 Å². The Morgan fingerprint density at radius 2 is 1.78 bits per heavy atom. The third-order valence-electron chi connectivity index (χ3n) is 3.88. The summed E-state index contributed by atoms with van der Waals surface area (Å²) in [5, 5.41) is 0. The maximum Gasteiger partial charge on any atom is 0.294 e. The summed E-state index contributed by atoms with van der Waals surface area (Å²) in [5.41, 5.74) is 3.70. The van der Waals surface area contributed by atoms with E-state index in [1.54, 1.807) is 23.6 Å². The minimum Gasteiger partial charge on any atom is -0.459 e. The predicted molar refractivity (Wildman–Crippen MR) is 89.4 cm³/mol. The molecule has 0 unspecified atom stereocenters. The highest BCUT2D eigenvalue weighted by molar-refractivity contribution is 6.05. The number of rotatable bonds is 4. The van der Waals surface area contributed by atoms with E-state index in [9.17, 15) is 4.79 Å². The number of benzene rings is 1. The molecule has 0 saturated carbocycles.